The summed E-state index contributed by atoms with van der Waals surface area (Å²) in [5, 5.41) is 2.92. The van der Waals surface area contributed by atoms with Gasteiger partial charge < -0.3 is 14.8 Å². The minimum Gasteiger partial charge on any atom is -0.356 e. The minimum atomic E-state index is -0.0270. The quantitative estimate of drug-likeness (QED) is 0.831. The molecule has 2 aliphatic rings. The van der Waals surface area contributed by atoms with Crippen LogP contribution in [0.5, 0.6) is 0 Å². The number of allylic oxidation sites excluding steroid dienone is 1. The summed E-state index contributed by atoms with van der Waals surface area (Å²) in [7, 11) is 1.98. The number of carbonyl (C=O) groups excluding carboxylic acids is 2. The topological polar surface area (TPSA) is 67.2 Å². The first-order valence-corrected chi connectivity index (χ1v) is 9.21. The molecule has 0 aromatic carbocycles. The maximum atomic E-state index is 12.8. The number of rotatable bonds is 5. The number of hydrogen-bond donors (Lipinski definition) is 1. The van der Waals surface area contributed by atoms with Crippen LogP contribution in [0.1, 0.15) is 50.6 Å². The van der Waals surface area contributed by atoms with Gasteiger partial charge in [-0.3, -0.25) is 9.59 Å². The van der Waals surface area contributed by atoms with Gasteiger partial charge in [0.25, 0.3) is 0 Å². The molecular formula is C19H28N4O2. The summed E-state index contributed by atoms with van der Waals surface area (Å²) < 4.78 is 2.02. The van der Waals surface area contributed by atoms with Gasteiger partial charge in [-0.05, 0) is 25.7 Å². The van der Waals surface area contributed by atoms with Crippen molar-refractivity contribution >= 4 is 11.8 Å². The van der Waals surface area contributed by atoms with Crippen molar-refractivity contribution in [2.45, 2.75) is 44.9 Å². The van der Waals surface area contributed by atoms with Crippen LogP contribution in [0.3, 0.4) is 0 Å². The maximum absolute atomic E-state index is 12.8. The zero-order valence-electron chi connectivity index (χ0n) is 15.2. The Morgan fingerprint density at radius 2 is 2.16 bits per heavy atom. The van der Waals surface area contributed by atoms with Gasteiger partial charge in [0.05, 0.1) is 6.33 Å². The van der Waals surface area contributed by atoms with Crippen LogP contribution in [0.15, 0.2) is 24.2 Å². The van der Waals surface area contributed by atoms with Crippen LogP contribution in [0.2, 0.25) is 0 Å². The van der Waals surface area contributed by atoms with Gasteiger partial charge in [-0.25, -0.2) is 4.98 Å². The Bertz CT molecular complexity index is 664. The molecule has 3 rings (SSSR count). The standard InChI is InChI=1S/C19H28N4O2/c1-14(24)21-9-16-11-23(12-17(16)18-10-20-13-22(18)2)19(25)8-15-6-4-3-5-7-15/h6,10,13,16-17H,3-5,7-9,11-12H2,1-2H3,(H,21,24)/t16-,17-/m1/s1. The normalized spacial score (nSPS) is 23.4. The van der Waals surface area contributed by atoms with Crippen molar-refractivity contribution in [3.63, 3.8) is 0 Å². The third-order valence-corrected chi connectivity index (χ3v) is 5.40. The van der Waals surface area contributed by atoms with Gasteiger partial charge >= 0.3 is 0 Å². The fraction of sp³-hybridized carbons (Fsp3) is 0.632. The van der Waals surface area contributed by atoms with Gasteiger partial charge in [-0.15, -0.1) is 0 Å². The van der Waals surface area contributed by atoms with E-state index in [1.54, 1.807) is 6.33 Å². The molecule has 1 N–H and O–H groups in total. The first-order valence-electron chi connectivity index (χ1n) is 9.21. The minimum absolute atomic E-state index is 0.0270. The van der Waals surface area contributed by atoms with Gasteiger partial charge in [0.15, 0.2) is 0 Å². The Hall–Kier alpha value is -2.11. The summed E-state index contributed by atoms with van der Waals surface area (Å²) >= 11 is 0. The lowest BCUT2D eigenvalue weighted by Crippen LogP contribution is -2.32. The number of carbonyl (C=O) groups is 2. The van der Waals surface area contributed by atoms with E-state index < -0.39 is 0 Å². The molecule has 0 spiro atoms. The smallest absolute Gasteiger partial charge is 0.226 e. The lowest BCUT2D eigenvalue weighted by molar-refractivity contribution is -0.129. The van der Waals surface area contributed by atoms with E-state index in [0.717, 1.165) is 18.5 Å². The Morgan fingerprint density at radius 1 is 1.32 bits per heavy atom. The molecule has 1 fully saturated rings. The van der Waals surface area contributed by atoms with E-state index in [1.807, 2.05) is 22.7 Å². The number of nitrogens with one attached hydrogen (secondary N) is 1. The highest BCUT2D eigenvalue weighted by atomic mass is 16.2. The molecule has 0 bridgehead atoms. The molecule has 136 valence electrons. The summed E-state index contributed by atoms with van der Waals surface area (Å²) in [6, 6.07) is 0. The number of nitrogens with zero attached hydrogens (tertiary/aromatic N) is 3. The molecule has 2 atom stereocenters. The molecule has 1 aromatic rings. The van der Waals surface area contributed by atoms with Crippen LogP contribution < -0.4 is 5.32 Å². The third-order valence-electron chi connectivity index (χ3n) is 5.40. The predicted molar refractivity (Wildman–Crippen MR) is 95.9 cm³/mol. The molecule has 0 saturated carbocycles. The van der Waals surface area contributed by atoms with E-state index in [9.17, 15) is 9.59 Å². The Balaban J connectivity index is 1.69. The fourth-order valence-corrected chi connectivity index (χ4v) is 3.99. The van der Waals surface area contributed by atoms with Crippen LogP contribution in [0.4, 0.5) is 0 Å². The van der Waals surface area contributed by atoms with Crippen LogP contribution in [0.25, 0.3) is 0 Å². The van der Waals surface area contributed by atoms with Crippen molar-refractivity contribution in [3.05, 3.63) is 29.9 Å². The zero-order chi connectivity index (χ0) is 17.8. The molecule has 25 heavy (non-hydrogen) atoms. The fourth-order valence-electron chi connectivity index (χ4n) is 3.99. The first kappa shape index (κ1) is 17.7. The summed E-state index contributed by atoms with van der Waals surface area (Å²) in [6.07, 6.45) is 11.1. The molecule has 2 amide bonds. The predicted octanol–water partition coefficient (Wildman–Crippen LogP) is 1.99. The van der Waals surface area contributed by atoms with Crippen LogP contribution in [0, 0.1) is 5.92 Å². The number of hydrogen-bond acceptors (Lipinski definition) is 3. The van der Waals surface area contributed by atoms with Crippen LogP contribution in [-0.2, 0) is 16.6 Å². The number of aryl methyl sites for hydroxylation is 1. The highest BCUT2D eigenvalue weighted by Gasteiger charge is 2.37. The van der Waals surface area contributed by atoms with E-state index in [1.165, 1.54) is 25.3 Å². The van der Waals surface area contributed by atoms with Gasteiger partial charge in [0, 0.05) is 63.8 Å². The molecule has 0 unspecified atom stereocenters. The van der Waals surface area contributed by atoms with E-state index in [0.29, 0.717) is 26.1 Å². The molecular weight excluding hydrogens is 316 g/mol. The van der Waals surface area contributed by atoms with Crippen molar-refractivity contribution in [3.8, 4) is 0 Å². The lowest BCUT2D eigenvalue weighted by Gasteiger charge is -2.19. The van der Waals surface area contributed by atoms with Gasteiger partial charge in [-0.1, -0.05) is 11.6 Å². The van der Waals surface area contributed by atoms with Gasteiger partial charge in [0.1, 0.15) is 0 Å². The number of aromatic nitrogens is 2. The SMILES string of the molecule is CC(=O)NC[C@@H]1CN(C(=O)CC2=CCCCC2)C[C@H]1c1cncn1C. The maximum Gasteiger partial charge on any atom is 0.226 e. The van der Waals surface area contributed by atoms with Gasteiger partial charge in [0.2, 0.25) is 11.8 Å². The number of imidazole rings is 1. The van der Waals surface area contributed by atoms with Crippen molar-refractivity contribution in [2.24, 2.45) is 13.0 Å². The zero-order valence-corrected chi connectivity index (χ0v) is 15.2. The average molecular weight is 344 g/mol. The number of amides is 2. The highest BCUT2D eigenvalue weighted by Crippen LogP contribution is 2.33. The summed E-state index contributed by atoms with van der Waals surface area (Å²) in [6.45, 7) is 3.53. The van der Waals surface area contributed by atoms with E-state index >= 15 is 0 Å². The summed E-state index contributed by atoms with van der Waals surface area (Å²) in [5.41, 5.74) is 2.42. The second kappa shape index (κ2) is 7.85. The second-order valence-corrected chi connectivity index (χ2v) is 7.32. The van der Waals surface area contributed by atoms with E-state index in [4.69, 9.17) is 0 Å². The Labute approximate surface area is 149 Å². The average Bonchev–Trinajstić information content (AvgIpc) is 3.19. The second-order valence-electron chi connectivity index (χ2n) is 7.32. The molecule has 6 heteroatoms. The molecule has 2 heterocycles. The highest BCUT2D eigenvalue weighted by molar-refractivity contribution is 5.79. The molecule has 0 radical (unpaired) electrons. The van der Waals surface area contributed by atoms with Crippen molar-refractivity contribution < 1.29 is 9.59 Å². The molecule has 1 saturated heterocycles. The first-order chi connectivity index (χ1) is 12.0. The van der Waals surface area contributed by atoms with Crippen LogP contribution in [-0.4, -0.2) is 45.9 Å². The molecule has 1 aliphatic heterocycles. The Kier molecular flexibility index (Phi) is 5.56. The largest absolute Gasteiger partial charge is 0.356 e. The Morgan fingerprint density at radius 3 is 2.80 bits per heavy atom. The monoisotopic (exact) mass is 344 g/mol. The van der Waals surface area contributed by atoms with Crippen molar-refractivity contribution in [2.75, 3.05) is 19.6 Å². The third kappa shape index (κ3) is 4.30. The molecule has 6 nitrogen and oxygen atoms in total. The summed E-state index contributed by atoms with van der Waals surface area (Å²) in [5.74, 6) is 0.624. The van der Waals surface area contributed by atoms with Crippen molar-refractivity contribution in [1.82, 2.24) is 19.8 Å². The van der Waals surface area contributed by atoms with Crippen molar-refractivity contribution in [1.29, 1.82) is 0 Å². The lowest BCUT2D eigenvalue weighted by atomic mass is 9.93. The number of likely N-dealkylation sites (tertiary alicyclic amines) is 1. The van der Waals surface area contributed by atoms with E-state index in [2.05, 4.69) is 16.4 Å². The molecule has 1 aromatic heterocycles. The van der Waals surface area contributed by atoms with Gasteiger partial charge in [-0.2, -0.15) is 0 Å². The molecule has 1 aliphatic carbocycles. The summed E-state index contributed by atoms with van der Waals surface area (Å²) in [4.78, 5) is 30.3. The van der Waals surface area contributed by atoms with Crippen LogP contribution >= 0.6 is 0 Å². The van der Waals surface area contributed by atoms with E-state index in [-0.39, 0.29) is 23.7 Å².